The highest BCUT2D eigenvalue weighted by Gasteiger charge is 2.24. The Kier molecular flexibility index (Phi) is 7.00. The van der Waals surface area contributed by atoms with E-state index >= 15 is 0 Å². The van der Waals surface area contributed by atoms with E-state index in [0.29, 0.717) is 23.7 Å². The van der Waals surface area contributed by atoms with Gasteiger partial charge < -0.3 is 20.9 Å². The molecule has 1 saturated heterocycles. The number of carbonyl (C=O) groups is 3. The normalized spacial score (nSPS) is 14.8. The topological polar surface area (TPSA) is 90.5 Å². The van der Waals surface area contributed by atoms with Crippen LogP contribution in [0.5, 0.6) is 0 Å². The van der Waals surface area contributed by atoms with Crippen molar-refractivity contribution in [1.29, 1.82) is 0 Å². The van der Waals surface area contributed by atoms with E-state index in [1.807, 2.05) is 13.8 Å². The predicted molar refractivity (Wildman–Crippen MR) is 102 cm³/mol. The van der Waals surface area contributed by atoms with Crippen molar-refractivity contribution in [3.05, 3.63) is 24.3 Å². The number of anilines is 2. The van der Waals surface area contributed by atoms with Gasteiger partial charge in [-0.15, -0.1) is 0 Å². The molecule has 0 bridgehead atoms. The van der Waals surface area contributed by atoms with Crippen molar-refractivity contribution < 1.29 is 14.4 Å². The summed E-state index contributed by atoms with van der Waals surface area (Å²) >= 11 is 0. The second kappa shape index (κ2) is 9.22. The maximum atomic E-state index is 12.2. The number of nitrogens with zero attached hydrogens (tertiary/aromatic N) is 1. The molecule has 0 aliphatic carbocycles. The lowest BCUT2D eigenvalue weighted by Gasteiger charge is -2.21. The molecule has 0 aromatic heterocycles. The van der Waals surface area contributed by atoms with Crippen molar-refractivity contribution in [2.45, 2.75) is 46.1 Å². The van der Waals surface area contributed by atoms with E-state index in [0.717, 1.165) is 25.9 Å². The minimum Gasteiger partial charge on any atom is -0.341 e. The Morgan fingerprint density at radius 2 is 1.50 bits per heavy atom. The number of nitrogens with one attached hydrogen (secondary N) is 3. The van der Waals surface area contributed by atoms with Crippen LogP contribution in [0.1, 0.15) is 40.0 Å². The molecule has 4 amide bonds. The van der Waals surface area contributed by atoms with Gasteiger partial charge in [0.05, 0.1) is 0 Å². The molecule has 1 unspecified atom stereocenters. The minimum atomic E-state index is -0.567. The van der Waals surface area contributed by atoms with Gasteiger partial charge in [0.2, 0.25) is 11.8 Å². The van der Waals surface area contributed by atoms with Crippen molar-refractivity contribution in [1.82, 2.24) is 10.2 Å². The van der Waals surface area contributed by atoms with Gasteiger partial charge in [-0.3, -0.25) is 9.59 Å². The van der Waals surface area contributed by atoms with Crippen molar-refractivity contribution in [2.24, 2.45) is 5.92 Å². The first-order valence-corrected chi connectivity index (χ1v) is 9.11. The zero-order valence-electron chi connectivity index (χ0n) is 15.7. The van der Waals surface area contributed by atoms with Crippen LogP contribution in [0.2, 0.25) is 0 Å². The summed E-state index contributed by atoms with van der Waals surface area (Å²) in [6.45, 7) is 7.18. The lowest BCUT2D eigenvalue weighted by atomic mass is 10.1. The number of carbonyl (C=O) groups excluding carboxylic acids is 3. The molecule has 3 N–H and O–H groups in total. The van der Waals surface area contributed by atoms with Gasteiger partial charge in [0.25, 0.3) is 0 Å². The molecular weight excluding hydrogens is 332 g/mol. The van der Waals surface area contributed by atoms with Gasteiger partial charge in [0.1, 0.15) is 6.04 Å². The summed E-state index contributed by atoms with van der Waals surface area (Å²) in [5, 5.41) is 8.17. The van der Waals surface area contributed by atoms with Crippen LogP contribution in [0.4, 0.5) is 16.2 Å². The number of likely N-dealkylation sites (tertiary alicyclic amines) is 1. The molecule has 7 nitrogen and oxygen atoms in total. The Morgan fingerprint density at radius 3 is 2.04 bits per heavy atom. The summed E-state index contributed by atoms with van der Waals surface area (Å²) in [4.78, 5) is 37.8. The summed E-state index contributed by atoms with van der Waals surface area (Å²) in [5.41, 5.74) is 1.27. The van der Waals surface area contributed by atoms with E-state index in [1.165, 1.54) is 0 Å². The first-order chi connectivity index (χ1) is 12.3. The predicted octanol–water partition coefficient (Wildman–Crippen LogP) is 2.80. The number of hydrogen-bond acceptors (Lipinski definition) is 3. The Bertz CT molecular complexity index is 637. The summed E-state index contributed by atoms with van der Waals surface area (Å²) < 4.78 is 0. The lowest BCUT2D eigenvalue weighted by Crippen LogP contribution is -2.47. The SMILES string of the molecule is CC(C)CC(=O)Nc1ccc(NC(=O)NC(C)C(=O)N2CCCC2)cc1. The maximum absolute atomic E-state index is 12.2. The van der Waals surface area contributed by atoms with Gasteiger partial charge in [-0.05, 0) is 49.9 Å². The van der Waals surface area contributed by atoms with Crippen molar-refractivity contribution in [2.75, 3.05) is 23.7 Å². The molecule has 1 aromatic carbocycles. The standard InChI is InChI=1S/C19H28N4O3/c1-13(2)12-17(24)21-15-6-8-16(9-7-15)22-19(26)20-14(3)18(25)23-10-4-5-11-23/h6-9,13-14H,4-5,10-12H2,1-3H3,(H,21,24)(H2,20,22,26). The summed E-state index contributed by atoms with van der Waals surface area (Å²) in [6, 6.07) is 5.87. The lowest BCUT2D eigenvalue weighted by molar-refractivity contribution is -0.131. The molecule has 1 aromatic rings. The second-order valence-electron chi connectivity index (χ2n) is 7.08. The van der Waals surface area contributed by atoms with E-state index < -0.39 is 12.1 Å². The molecule has 1 aliphatic heterocycles. The van der Waals surface area contributed by atoms with Crippen molar-refractivity contribution in [3.63, 3.8) is 0 Å². The van der Waals surface area contributed by atoms with Gasteiger partial charge in [-0.1, -0.05) is 13.8 Å². The third-order valence-electron chi connectivity index (χ3n) is 4.16. The third-order valence-corrected chi connectivity index (χ3v) is 4.16. The van der Waals surface area contributed by atoms with Gasteiger partial charge in [-0.25, -0.2) is 4.79 Å². The monoisotopic (exact) mass is 360 g/mol. The third kappa shape index (κ3) is 6.06. The van der Waals surface area contributed by atoms with Crippen molar-refractivity contribution >= 4 is 29.2 Å². The van der Waals surface area contributed by atoms with E-state index in [4.69, 9.17) is 0 Å². The summed E-state index contributed by atoms with van der Waals surface area (Å²) in [7, 11) is 0. The summed E-state index contributed by atoms with van der Waals surface area (Å²) in [6.07, 6.45) is 2.50. The smallest absolute Gasteiger partial charge is 0.319 e. The van der Waals surface area contributed by atoms with Crippen LogP contribution in [0, 0.1) is 5.92 Å². The van der Waals surface area contributed by atoms with Crippen LogP contribution in [0.25, 0.3) is 0 Å². The highest BCUT2D eigenvalue weighted by atomic mass is 16.2. The molecule has 1 aliphatic rings. The Balaban J connectivity index is 1.81. The second-order valence-corrected chi connectivity index (χ2v) is 7.08. The Morgan fingerprint density at radius 1 is 0.962 bits per heavy atom. The molecule has 0 spiro atoms. The molecule has 7 heteroatoms. The Hall–Kier alpha value is -2.57. The van der Waals surface area contributed by atoms with Crippen LogP contribution in [0.15, 0.2) is 24.3 Å². The average molecular weight is 360 g/mol. The van der Waals surface area contributed by atoms with E-state index in [-0.39, 0.29) is 11.8 Å². The average Bonchev–Trinajstić information content (AvgIpc) is 3.09. The molecule has 26 heavy (non-hydrogen) atoms. The number of amides is 4. The first-order valence-electron chi connectivity index (χ1n) is 9.11. The first kappa shape index (κ1) is 19.8. The Labute approximate surface area is 154 Å². The zero-order valence-corrected chi connectivity index (χ0v) is 15.7. The van der Waals surface area contributed by atoms with E-state index in [2.05, 4.69) is 16.0 Å². The van der Waals surface area contributed by atoms with Gasteiger partial charge in [-0.2, -0.15) is 0 Å². The minimum absolute atomic E-state index is 0.0345. The largest absolute Gasteiger partial charge is 0.341 e. The van der Waals surface area contributed by atoms with Crippen LogP contribution < -0.4 is 16.0 Å². The molecule has 0 radical (unpaired) electrons. The van der Waals surface area contributed by atoms with Crippen LogP contribution >= 0.6 is 0 Å². The molecule has 142 valence electrons. The van der Waals surface area contributed by atoms with E-state index in [9.17, 15) is 14.4 Å². The van der Waals surface area contributed by atoms with Gasteiger partial charge >= 0.3 is 6.03 Å². The van der Waals surface area contributed by atoms with Crippen molar-refractivity contribution in [3.8, 4) is 0 Å². The van der Waals surface area contributed by atoms with Gasteiger partial charge in [0, 0.05) is 30.9 Å². The molecular formula is C19H28N4O3. The van der Waals surface area contributed by atoms with E-state index in [1.54, 1.807) is 36.1 Å². The fraction of sp³-hybridized carbons (Fsp3) is 0.526. The fourth-order valence-corrected chi connectivity index (χ4v) is 2.86. The fourth-order valence-electron chi connectivity index (χ4n) is 2.86. The molecule has 1 heterocycles. The molecule has 1 fully saturated rings. The highest BCUT2D eigenvalue weighted by Crippen LogP contribution is 2.15. The zero-order chi connectivity index (χ0) is 19.1. The van der Waals surface area contributed by atoms with Gasteiger partial charge in [0.15, 0.2) is 0 Å². The highest BCUT2D eigenvalue weighted by molar-refractivity contribution is 5.94. The van der Waals surface area contributed by atoms with Crippen LogP contribution in [-0.2, 0) is 9.59 Å². The van der Waals surface area contributed by atoms with Crippen LogP contribution in [-0.4, -0.2) is 41.9 Å². The molecule has 0 saturated carbocycles. The number of urea groups is 1. The number of hydrogen-bond donors (Lipinski definition) is 3. The number of benzene rings is 1. The molecule has 2 rings (SSSR count). The quantitative estimate of drug-likeness (QED) is 0.728. The molecule has 1 atom stereocenters. The van der Waals surface area contributed by atoms with Crippen LogP contribution in [0.3, 0.4) is 0 Å². The number of rotatable bonds is 6. The maximum Gasteiger partial charge on any atom is 0.319 e. The summed E-state index contributed by atoms with van der Waals surface area (Å²) in [5.74, 6) is 0.207.